The Labute approximate surface area is 113 Å². The molecule has 3 nitrogen and oxygen atoms in total. The number of aryl methyl sites for hydroxylation is 2. The molecule has 0 spiro atoms. The molecule has 0 aliphatic carbocycles. The molecule has 0 aliphatic rings. The Morgan fingerprint density at radius 1 is 1.05 bits per heavy atom. The summed E-state index contributed by atoms with van der Waals surface area (Å²) in [6.45, 7) is 5.52. The number of anilines is 1. The molecule has 2 rings (SSSR count). The number of benzene rings is 2. The van der Waals surface area contributed by atoms with Gasteiger partial charge in [-0.1, -0.05) is 18.2 Å². The highest BCUT2D eigenvalue weighted by atomic mass is 16.6. The number of carbonyl (C=O) groups excluding carboxylic acids is 1. The molecule has 2 aromatic rings. The molecule has 0 radical (unpaired) electrons. The molecule has 2 aromatic carbocycles. The molecular formula is C16H17NO2. The summed E-state index contributed by atoms with van der Waals surface area (Å²) in [5.41, 5.74) is 6.46. The lowest BCUT2D eigenvalue weighted by Crippen LogP contribution is -2.08. The molecule has 0 aromatic heterocycles. The van der Waals surface area contributed by atoms with Crippen molar-refractivity contribution in [3.8, 4) is 5.75 Å². The fourth-order valence-electron chi connectivity index (χ4n) is 1.77. The minimum Gasteiger partial charge on any atom is -0.381 e. The van der Waals surface area contributed by atoms with Gasteiger partial charge in [-0.2, -0.15) is 0 Å². The summed E-state index contributed by atoms with van der Waals surface area (Å²) in [7, 11) is 0. The number of hydrogen-bond donors (Lipinski definition) is 1. The lowest BCUT2D eigenvalue weighted by Gasteiger charge is -2.13. The van der Waals surface area contributed by atoms with E-state index in [1.54, 1.807) is 6.92 Å². The summed E-state index contributed by atoms with van der Waals surface area (Å²) < 4.78 is 0. The monoisotopic (exact) mass is 255 g/mol. The predicted molar refractivity (Wildman–Crippen MR) is 76.6 cm³/mol. The fourth-order valence-corrected chi connectivity index (χ4v) is 1.77. The zero-order chi connectivity index (χ0) is 13.8. The van der Waals surface area contributed by atoms with Gasteiger partial charge in [0.15, 0.2) is 11.5 Å². The molecule has 0 saturated carbocycles. The molecule has 1 N–H and O–H groups in total. The molecule has 0 heterocycles. The van der Waals surface area contributed by atoms with Gasteiger partial charge in [0.1, 0.15) is 0 Å². The number of ketones is 1. The van der Waals surface area contributed by atoms with E-state index in [0.717, 1.165) is 16.8 Å². The highest BCUT2D eigenvalue weighted by molar-refractivity contribution is 5.97. The molecule has 0 atom stereocenters. The van der Waals surface area contributed by atoms with Gasteiger partial charge >= 0.3 is 0 Å². The van der Waals surface area contributed by atoms with Gasteiger partial charge in [-0.25, -0.2) is 5.48 Å². The average Bonchev–Trinajstić information content (AvgIpc) is 2.40. The van der Waals surface area contributed by atoms with E-state index in [9.17, 15) is 4.79 Å². The highest BCUT2D eigenvalue weighted by Gasteiger charge is 2.11. The first-order valence-corrected chi connectivity index (χ1v) is 6.18. The number of para-hydroxylation sites is 1. The standard InChI is InChI=1S/C16H17NO2/c1-11-9-15(13(3)18)16(10-12(11)2)19-17-14-7-5-4-6-8-14/h4-10,17H,1-3H3. The average molecular weight is 255 g/mol. The quantitative estimate of drug-likeness (QED) is 0.665. The molecule has 0 unspecified atom stereocenters. The third-order valence-electron chi connectivity index (χ3n) is 3.03. The predicted octanol–water partition coefficient (Wildman–Crippen LogP) is 3.91. The molecule has 3 heteroatoms. The van der Waals surface area contributed by atoms with Gasteiger partial charge in [-0.3, -0.25) is 4.79 Å². The number of rotatable bonds is 4. The van der Waals surface area contributed by atoms with Crippen molar-refractivity contribution in [2.75, 3.05) is 5.48 Å². The van der Waals surface area contributed by atoms with Crippen molar-refractivity contribution < 1.29 is 9.63 Å². The zero-order valence-corrected chi connectivity index (χ0v) is 11.4. The Balaban J connectivity index is 2.24. The van der Waals surface area contributed by atoms with Gasteiger partial charge in [0.05, 0.1) is 11.3 Å². The van der Waals surface area contributed by atoms with Gasteiger partial charge in [-0.05, 0) is 56.2 Å². The van der Waals surface area contributed by atoms with Crippen molar-refractivity contribution in [1.82, 2.24) is 0 Å². The number of carbonyl (C=O) groups is 1. The first kappa shape index (κ1) is 13.1. The minimum absolute atomic E-state index is 0.00652. The smallest absolute Gasteiger partial charge is 0.166 e. The molecule has 0 amide bonds. The summed E-state index contributed by atoms with van der Waals surface area (Å²) in [5.74, 6) is 0.549. The Morgan fingerprint density at radius 3 is 2.32 bits per heavy atom. The summed E-state index contributed by atoms with van der Waals surface area (Å²) in [6, 6.07) is 13.3. The van der Waals surface area contributed by atoms with Crippen LogP contribution in [0.25, 0.3) is 0 Å². The lowest BCUT2D eigenvalue weighted by atomic mass is 10.0. The molecule has 0 saturated heterocycles. The van der Waals surface area contributed by atoms with Crippen LogP contribution in [0.2, 0.25) is 0 Å². The van der Waals surface area contributed by atoms with Crippen LogP contribution in [0.5, 0.6) is 5.75 Å². The Hall–Kier alpha value is -2.29. The fraction of sp³-hybridized carbons (Fsp3) is 0.188. The maximum atomic E-state index is 11.6. The zero-order valence-electron chi connectivity index (χ0n) is 11.4. The van der Waals surface area contributed by atoms with E-state index in [0.29, 0.717) is 11.3 Å². The molecule has 0 aliphatic heterocycles. The van der Waals surface area contributed by atoms with Crippen molar-refractivity contribution in [1.29, 1.82) is 0 Å². The van der Waals surface area contributed by atoms with Crippen LogP contribution >= 0.6 is 0 Å². The van der Waals surface area contributed by atoms with Gasteiger partial charge < -0.3 is 4.84 Å². The molecular weight excluding hydrogens is 238 g/mol. The maximum Gasteiger partial charge on any atom is 0.166 e. The largest absolute Gasteiger partial charge is 0.381 e. The third kappa shape index (κ3) is 3.13. The second-order valence-electron chi connectivity index (χ2n) is 4.56. The first-order chi connectivity index (χ1) is 9.08. The topological polar surface area (TPSA) is 38.3 Å². The van der Waals surface area contributed by atoms with Gasteiger partial charge in [0.2, 0.25) is 0 Å². The van der Waals surface area contributed by atoms with Crippen LogP contribution in [0.3, 0.4) is 0 Å². The van der Waals surface area contributed by atoms with Crippen LogP contribution < -0.4 is 10.3 Å². The van der Waals surface area contributed by atoms with Crippen LogP contribution in [-0.2, 0) is 0 Å². The molecule has 0 bridgehead atoms. The van der Waals surface area contributed by atoms with E-state index in [1.807, 2.05) is 56.3 Å². The molecule has 0 fully saturated rings. The Bertz CT molecular complexity index is 591. The van der Waals surface area contributed by atoms with Crippen molar-refractivity contribution in [2.24, 2.45) is 0 Å². The van der Waals surface area contributed by atoms with Crippen LogP contribution in [0.1, 0.15) is 28.4 Å². The lowest BCUT2D eigenvalue weighted by molar-refractivity contribution is 0.101. The molecule has 19 heavy (non-hydrogen) atoms. The van der Waals surface area contributed by atoms with E-state index in [4.69, 9.17) is 4.84 Å². The Morgan fingerprint density at radius 2 is 1.68 bits per heavy atom. The normalized spacial score (nSPS) is 10.1. The Kier molecular flexibility index (Phi) is 3.85. The van der Waals surface area contributed by atoms with Gasteiger partial charge in [-0.15, -0.1) is 0 Å². The van der Waals surface area contributed by atoms with E-state index < -0.39 is 0 Å². The maximum absolute atomic E-state index is 11.6. The summed E-state index contributed by atoms with van der Waals surface area (Å²) in [6.07, 6.45) is 0. The van der Waals surface area contributed by atoms with Crippen LogP contribution in [-0.4, -0.2) is 5.78 Å². The SMILES string of the molecule is CC(=O)c1cc(C)c(C)cc1ONc1ccccc1. The van der Waals surface area contributed by atoms with Crippen LogP contribution in [0.15, 0.2) is 42.5 Å². The molecule has 98 valence electrons. The van der Waals surface area contributed by atoms with Gasteiger partial charge in [0.25, 0.3) is 0 Å². The van der Waals surface area contributed by atoms with Crippen molar-refractivity contribution in [2.45, 2.75) is 20.8 Å². The number of nitrogens with one attached hydrogen (secondary N) is 1. The van der Waals surface area contributed by atoms with Crippen LogP contribution in [0, 0.1) is 13.8 Å². The second kappa shape index (κ2) is 5.57. The third-order valence-corrected chi connectivity index (χ3v) is 3.03. The minimum atomic E-state index is -0.00652. The highest BCUT2D eigenvalue weighted by Crippen LogP contribution is 2.24. The van der Waals surface area contributed by atoms with Crippen molar-refractivity contribution in [3.63, 3.8) is 0 Å². The van der Waals surface area contributed by atoms with Crippen molar-refractivity contribution >= 4 is 11.5 Å². The van der Waals surface area contributed by atoms with Crippen LogP contribution in [0.4, 0.5) is 5.69 Å². The van der Waals surface area contributed by atoms with E-state index in [2.05, 4.69) is 5.48 Å². The van der Waals surface area contributed by atoms with E-state index >= 15 is 0 Å². The second-order valence-corrected chi connectivity index (χ2v) is 4.56. The number of hydrogen-bond acceptors (Lipinski definition) is 3. The van der Waals surface area contributed by atoms with Crippen molar-refractivity contribution in [3.05, 3.63) is 59.2 Å². The van der Waals surface area contributed by atoms with E-state index in [1.165, 1.54) is 0 Å². The first-order valence-electron chi connectivity index (χ1n) is 6.18. The summed E-state index contributed by atoms with van der Waals surface area (Å²) in [5, 5.41) is 0. The van der Waals surface area contributed by atoms with Gasteiger partial charge in [0, 0.05) is 0 Å². The number of Topliss-reactive ketones (excluding diaryl/α,β-unsaturated/α-hetero) is 1. The summed E-state index contributed by atoms with van der Waals surface area (Å²) >= 11 is 0. The summed E-state index contributed by atoms with van der Waals surface area (Å²) in [4.78, 5) is 17.2. The van der Waals surface area contributed by atoms with E-state index in [-0.39, 0.29) is 5.78 Å².